The molecule has 0 fully saturated rings. The first-order valence-electron chi connectivity index (χ1n) is 6.09. The third kappa shape index (κ3) is 3.46. The maximum atomic E-state index is 12.1. The number of pyridine rings is 1. The molecule has 5 nitrogen and oxygen atoms in total. The lowest BCUT2D eigenvalue weighted by molar-refractivity contribution is 0.0939. The fraction of sp³-hybridized carbons (Fsp3) is 0.143. The number of hydrogen-bond donors (Lipinski definition) is 3. The third-order valence-electron chi connectivity index (χ3n) is 2.89. The molecule has 0 spiro atoms. The van der Waals surface area contributed by atoms with Crippen LogP contribution in [0.3, 0.4) is 0 Å². The minimum absolute atomic E-state index is 0.118. The number of hydrazine groups is 1. The number of nitrogens with one attached hydrogen (secondary N) is 2. The molecule has 0 aliphatic carbocycles. The van der Waals surface area contributed by atoms with Gasteiger partial charge in [-0.15, -0.1) is 0 Å². The maximum absolute atomic E-state index is 12.1. The summed E-state index contributed by atoms with van der Waals surface area (Å²) in [5.74, 6) is 5.54. The number of rotatable bonds is 4. The third-order valence-corrected chi connectivity index (χ3v) is 3.14. The van der Waals surface area contributed by atoms with Gasteiger partial charge in [-0.1, -0.05) is 23.7 Å². The Morgan fingerprint density at radius 2 is 1.95 bits per heavy atom. The molecule has 0 radical (unpaired) electrons. The lowest BCUT2D eigenvalue weighted by Gasteiger charge is -2.14. The molecule has 4 N–H and O–H groups in total. The second-order valence-corrected chi connectivity index (χ2v) is 4.76. The number of hydrogen-bond acceptors (Lipinski definition) is 4. The van der Waals surface area contributed by atoms with E-state index in [0.717, 1.165) is 5.56 Å². The molecular formula is C14H15ClN4O. The second kappa shape index (κ2) is 6.36. The SMILES string of the molecule is CC(NC(=O)c1ccc(NN)nc1)c1ccc(Cl)cc1. The van der Waals surface area contributed by atoms with E-state index in [-0.39, 0.29) is 11.9 Å². The highest BCUT2D eigenvalue weighted by molar-refractivity contribution is 6.30. The molecule has 6 heteroatoms. The van der Waals surface area contributed by atoms with E-state index in [1.165, 1.54) is 6.20 Å². The molecule has 1 aromatic heterocycles. The van der Waals surface area contributed by atoms with E-state index < -0.39 is 0 Å². The van der Waals surface area contributed by atoms with Crippen LogP contribution in [-0.2, 0) is 0 Å². The van der Waals surface area contributed by atoms with E-state index in [9.17, 15) is 4.79 Å². The average Bonchev–Trinajstić information content (AvgIpc) is 2.48. The van der Waals surface area contributed by atoms with Crippen LogP contribution in [0.5, 0.6) is 0 Å². The van der Waals surface area contributed by atoms with Crippen LogP contribution in [0, 0.1) is 0 Å². The standard InChI is InChI=1S/C14H15ClN4O/c1-9(10-2-5-12(15)6-3-10)18-14(20)11-4-7-13(19-16)17-8-11/h2-9H,16H2,1H3,(H,17,19)(H,18,20). The van der Waals surface area contributed by atoms with Crippen molar-refractivity contribution in [1.82, 2.24) is 10.3 Å². The van der Waals surface area contributed by atoms with Gasteiger partial charge in [-0.05, 0) is 36.8 Å². The summed E-state index contributed by atoms with van der Waals surface area (Å²) in [5.41, 5.74) is 3.87. The van der Waals surface area contributed by atoms with Gasteiger partial charge in [0.25, 0.3) is 5.91 Å². The highest BCUT2D eigenvalue weighted by Crippen LogP contribution is 2.16. The van der Waals surface area contributed by atoms with Crippen LogP contribution in [0.25, 0.3) is 0 Å². The molecule has 1 atom stereocenters. The van der Waals surface area contributed by atoms with Gasteiger partial charge in [-0.25, -0.2) is 10.8 Å². The molecule has 1 heterocycles. The van der Waals surface area contributed by atoms with Crippen molar-refractivity contribution in [3.05, 3.63) is 58.7 Å². The number of carbonyl (C=O) groups excluding carboxylic acids is 1. The number of nitrogen functional groups attached to an aromatic ring is 1. The van der Waals surface area contributed by atoms with Crippen LogP contribution in [0.4, 0.5) is 5.82 Å². The zero-order valence-corrected chi connectivity index (χ0v) is 11.7. The van der Waals surface area contributed by atoms with E-state index in [4.69, 9.17) is 17.4 Å². The van der Waals surface area contributed by atoms with Gasteiger partial charge in [0.1, 0.15) is 5.82 Å². The first-order valence-corrected chi connectivity index (χ1v) is 6.47. The lowest BCUT2D eigenvalue weighted by Crippen LogP contribution is -2.26. The quantitative estimate of drug-likeness (QED) is 0.597. The van der Waals surface area contributed by atoms with Gasteiger partial charge in [-0.3, -0.25) is 4.79 Å². The summed E-state index contributed by atoms with van der Waals surface area (Å²) in [6.45, 7) is 1.91. The number of nitrogens with two attached hydrogens (primary N) is 1. The molecule has 0 bridgehead atoms. The zero-order valence-electron chi connectivity index (χ0n) is 10.9. The predicted molar refractivity (Wildman–Crippen MR) is 79.4 cm³/mol. The van der Waals surface area contributed by atoms with Crippen molar-refractivity contribution < 1.29 is 4.79 Å². The van der Waals surface area contributed by atoms with E-state index in [1.54, 1.807) is 24.3 Å². The molecule has 0 aliphatic rings. The summed E-state index contributed by atoms with van der Waals surface area (Å²) in [6.07, 6.45) is 1.47. The first-order chi connectivity index (χ1) is 9.60. The Hall–Kier alpha value is -2.11. The molecule has 104 valence electrons. The topological polar surface area (TPSA) is 80.0 Å². The van der Waals surface area contributed by atoms with Crippen molar-refractivity contribution >= 4 is 23.3 Å². The Kier molecular flexibility index (Phi) is 4.55. The maximum Gasteiger partial charge on any atom is 0.253 e. The lowest BCUT2D eigenvalue weighted by atomic mass is 10.1. The van der Waals surface area contributed by atoms with Crippen LogP contribution < -0.4 is 16.6 Å². The van der Waals surface area contributed by atoms with Crippen molar-refractivity contribution in [2.24, 2.45) is 5.84 Å². The molecule has 0 aliphatic heterocycles. The number of halogens is 1. The molecular weight excluding hydrogens is 276 g/mol. The Bertz CT molecular complexity index is 583. The highest BCUT2D eigenvalue weighted by Gasteiger charge is 2.11. The van der Waals surface area contributed by atoms with E-state index in [2.05, 4.69) is 15.7 Å². The average molecular weight is 291 g/mol. The van der Waals surface area contributed by atoms with Gasteiger partial charge in [0, 0.05) is 11.2 Å². The van der Waals surface area contributed by atoms with Crippen LogP contribution in [0.1, 0.15) is 28.9 Å². The molecule has 20 heavy (non-hydrogen) atoms. The number of benzene rings is 1. The van der Waals surface area contributed by atoms with Crippen LogP contribution in [0.15, 0.2) is 42.6 Å². The smallest absolute Gasteiger partial charge is 0.253 e. The van der Waals surface area contributed by atoms with Gasteiger partial charge in [0.2, 0.25) is 0 Å². The summed E-state index contributed by atoms with van der Waals surface area (Å²) >= 11 is 5.83. The predicted octanol–water partition coefficient (Wildman–Crippen LogP) is 2.51. The van der Waals surface area contributed by atoms with Gasteiger partial charge in [-0.2, -0.15) is 0 Å². The van der Waals surface area contributed by atoms with Gasteiger partial charge < -0.3 is 10.7 Å². The molecule has 0 saturated heterocycles. The Labute approximate surface area is 122 Å². The van der Waals surface area contributed by atoms with Crippen molar-refractivity contribution in [1.29, 1.82) is 0 Å². The van der Waals surface area contributed by atoms with E-state index in [0.29, 0.717) is 16.4 Å². The molecule has 1 aromatic carbocycles. The van der Waals surface area contributed by atoms with E-state index >= 15 is 0 Å². The summed E-state index contributed by atoms with van der Waals surface area (Å²) < 4.78 is 0. The molecule has 2 aromatic rings. The fourth-order valence-electron chi connectivity index (χ4n) is 1.73. The fourth-order valence-corrected chi connectivity index (χ4v) is 1.85. The van der Waals surface area contributed by atoms with Crippen LogP contribution >= 0.6 is 11.6 Å². The number of nitrogens with zero attached hydrogens (tertiary/aromatic N) is 1. The Morgan fingerprint density at radius 3 is 2.50 bits per heavy atom. The van der Waals surface area contributed by atoms with E-state index in [1.807, 2.05) is 19.1 Å². The Balaban J connectivity index is 2.04. The minimum atomic E-state index is -0.191. The summed E-state index contributed by atoms with van der Waals surface area (Å²) in [6, 6.07) is 10.5. The number of aromatic nitrogens is 1. The van der Waals surface area contributed by atoms with Crippen molar-refractivity contribution in [2.45, 2.75) is 13.0 Å². The normalized spacial score (nSPS) is 11.8. The van der Waals surface area contributed by atoms with Crippen molar-refractivity contribution in [3.63, 3.8) is 0 Å². The zero-order chi connectivity index (χ0) is 14.5. The summed E-state index contributed by atoms with van der Waals surface area (Å²) in [5, 5.41) is 3.56. The molecule has 2 rings (SSSR count). The largest absolute Gasteiger partial charge is 0.345 e. The first kappa shape index (κ1) is 14.3. The van der Waals surface area contributed by atoms with Gasteiger partial charge >= 0.3 is 0 Å². The van der Waals surface area contributed by atoms with Crippen molar-refractivity contribution in [2.75, 3.05) is 5.43 Å². The van der Waals surface area contributed by atoms with Crippen LogP contribution in [0.2, 0.25) is 5.02 Å². The number of carbonyl (C=O) groups is 1. The Morgan fingerprint density at radius 1 is 1.25 bits per heavy atom. The number of anilines is 1. The van der Waals surface area contributed by atoms with Gasteiger partial charge in [0.05, 0.1) is 11.6 Å². The van der Waals surface area contributed by atoms with Crippen molar-refractivity contribution in [3.8, 4) is 0 Å². The number of amides is 1. The summed E-state index contributed by atoms with van der Waals surface area (Å²) in [7, 11) is 0. The monoisotopic (exact) mass is 290 g/mol. The minimum Gasteiger partial charge on any atom is -0.345 e. The highest BCUT2D eigenvalue weighted by atomic mass is 35.5. The van der Waals surface area contributed by atoms with Crippen LogP contribution in [-0.4, -0.2) is 10.9 Å². The molecule has 0 saturated carbocycles. The molecule has 1 unspecified atom stereocenters. The summed E-state index contributed by atoms with van der Waals surface area (Å²) in [4.78, 5) is 16.1. The molecule has 1 amide bonds. The second-order valence-electron chi connectivity index (χ2n) is 4.32. The van der Waals surface area contributed by atoms with Gasteiger partial charge in [0.15, 0.2) is 0 Å².